The Morgan fingerprint density at radius 2 is 1.96 bits per heavy atom. The first-order chi connectivity index (χ1) is 13.0. The molecule has 0 radical (unpaired) electrons. The third-order valence-corrected chi connectivity index (χ3v) is 4.16. The van der Waals surface area contributed by atoms with Crippen LogP contribution in [0.2, 0.25) is 0 Å². The van der Waals surface area contributed by atoms with E-state index in [0.717, 1.165) is 17.5 Å². The fourth-order valence-electron chi connectivity index (χ4n) is 2.37. The molecule has 0 aliphatic heterocycles. The molecule has 0 unspecified atom stereocenters. The van der Waals surface area contributed by atoms with Crippen molar-refractivity contribution in [2.75, 3.05) is 0 Å². The van der Waals surface area contributed by atoms with E-state index < -0.39 is 5.91 Å². The average molecular weight is 367 g/mol. The Balaban J connectivity index is 1.80. The Morgan fingerprint density at radius 3 is 2.67 bits per heavy atom. The van der Waals surface area contributed by atoms with Crippen molar-refractivity contribution in [1.82, 2.24) is 25.2 Å². The van der Waals surface area contributed by atoms with Crippen molar-refractivity contribution in [2.24, 2.45) is 0 Å². The molecule has 3 rings (SSSR count). The van der Waals surface area contributed by atoms with Gasteiger partial charge in [-0.2, -0.15) is 10.1 Å². The number of hydrogen-bond donors (Lipinski definition) is 1. The molecule has 2 aromatic heterocycles. The van der Waals surface area contributed by atoms with E-state index >= 15 is 0 Å². The molecule has 1 N–H and O–H groups in total. The van der Waals surface area contributed by atoms with Gasteiger partial charge >= 0.3 is 11.8 Å². The summed E-state index contributed by atoms with van der Waals surface area (Å²) in [6.45, 7) is 5.86. The molecule has 1 atom stereocenters. The van der Waals surface area contributed by atoms with Crippen molar-refractivity contribution in [3.05, 3.63) is 64.0 Å². The molecule has 8 heteroatoms. The molecular weight excluding hydrogens is 346 g/mol. The van der Waals surface area contributed by atoms with Crippen LogP contribution in [0.4, 0.5) is 0 Å². The largest absolute Gasteiger partial charge is 0.345 e. The smallest absolute Gasteiger partial charge is 0.316 e. The Bertz CT molecular complexity index is 991. The van der Waals surface area contributed by atoms with E-state index in [1.807, 2.05) is 45.0 Å². The monoisotopic (exact) mass is 367 g/mol. The van der Waals surface area contributed by atoms with Gasteiger partial charge in [-0.3, -0.25) is 9.59 Å². The van der Waals surface area contributed by atoms with E-state index in [1.165, 1.54) is 10.7 Å². The van der Waals surface area contributed by atoms with Gasteiger partial charge in [0.2, 0.25) is 0 Å². The van der Waals surface area contributed by atoms with E-state index in [9.17, 15) is 9.59 Å². The Hall–Kier alpha value is -3.29. The highest BCUT2D eigenvalue weighted by Gasteiger charge is 2.17. The average Bonchev–Trinajstić information content (AvgIpc) is 3.13. The zero-order chi connectivity index (χ0) is 19.4. The maximum Gasteiger partial charge on any atom is 0.316 e. The Morgan fingerprint density at radius 1 is 1.22 bits per heavy atom. The molecule has 0 fully saturated rings. The lowest BCUT2D eigenvalue weighted by Gasteiger charge is -2.08. The molecule has 0 saturated carbocycles. The maximum atomic E-state index is 12.1. The van der Waals surface area contributed by atoms with Crippen LogP contribution in [-0.4, -0.2) is 31.9 Å². The number of aromatic nitrogens is 4. The first-order valence-corrected chi connectivity index (χ1v) is 8.75. The van der Waals surface area contributed by atoms with Gasteiger partial charge in [0.1, 0.15) is 6.54 Å². The van der Waals surface area contributed by atoms with Gasteiger partial charge in [0.25, 0.3) is 5.56 Å². The molecule has 2 heterocycles. The summed E-state index contributed by atoms with van der Waals surface area (Å²) in [5, 5.41) is 10.9. The van der Waals surface area contributed by atoms with Crippen LogP contribution in [0, 0.1) is 6.92 Å². The number of hydrogen-bond acceptors (Lipinski definition) is 6. The van der Waals surface area contributed by atoms with Gasteiger partial charge in [-0.15, -0.1) is 0 Å². The minimum atomic E-state index is -0.434. The van der Waals surface area contributed by atoms with Gasteiger partial charge in [0, 0.05) is 17.7 Å². The van der Waals surface area contributed by atoms with Crippen molar-refractivity contribution in [2.45, 2.75) is 39.8 Å². The molecular formula is C19H21N5O3. The minimum absolute atomic E-state index is 0.00308. The number of rotatable bonds is 6. The SMILES string of the molecule is CC[C@H](C)NC(=O)c1nc(Cn2nc(-c3ccc(C)cc3)ccc2=O)no1. The lowest BCUT2D eigenvalue weighted by molar-refractivity contribution is 0.0895. The highest BCUT2D eigenvalue weighted by atomic mass is 16.5. The van der Waals surface area contributed by atoms with Crippen LogP contribution in [0.25, 0.3) is 11.3 Å². The number of amides is 1. The van der Waals surface area contributed by atoms with Crippen LogP contribution in [0.3, 0.4) is 0 Å². The van der Waals surface area contributed by atoms with E-state index in [1.54, 1.807) is 6.07 Å². The van der Waals surface area contributed by atoms with Crippen molar-refractivity contribution >= 4 is 5.91 Å². The minimum Gasteiger partial charge on any atom is -0.345 e. The third-order valence-electron chi connectivity index (χ3n) is 4.16. The van der Waals surface area contributed by atoms with Crippen molar-refractivity contribution in [3.63, 3.8) is 0 Å². The fraction of sp³-hybridized carbons (Fsp3) is 0.316. The molecule has 140 valence electrons. The number of aryl methyl sites for hydroxylation is 1. The first kappa shape index (κ1) is 18.5. The highest BCUT2D eigenvalue weighted by molar-refractivity contribution is 5.89. The normalized spacial score (nSPS) is 12.0. The Labute approximate surface area is 156 Å². The van der Waals surface area contributed by atoms with Crippen molar-refractivity contribution < 1.29 is 9.32 Å². The lowest BCUT2D eigenvalue weighted by Crippen LogP contribution is -2.32. The molecule has 1 amide bonds. The topological polar surface area (TPSA) is 103 Å². The predicted octanol–water partition coefficient (Wildman–Crippen LogP) is 2.18. The molecule has 0 spiro atoms. The highest BCUT2D eigenvalue weighted by Crippen LogP contribution is 2.16. The second-order valence-electron chi connectivity index (χ2n) is 6.38. The van der Waals surface area contributed by atoms with Gasteiger partial charge in [-0.1, -0.05) is 41.9 Å². The standard InChI is InChI=1S/C19H21N5O3/c1-4-13(3)20-18(26)19-21-16(23-27-19)11-24-17(25)10-9-15(22-24)14-7-5-12(2)6-8-14/h5-10,13H,4,11H2,1-3H3,(H,20,26)/t13-/m0/s1. The summed E-state index contributed by atoms with van der Waals surface area (Å²) in [4.78, 5) is 28.2. The van der Waals surface area contributed by atoms with Gasteiger partial charge in [-0.05, 0) is 26.3 Å². The van der Waals surface area contributed by atoms with E-state index in [-0.39, 0.29) is 29.9 Å². The van der Waals surface area contributed by atoms with E-state index in [4.69, 9.17) is 4.52 Å². The van der Waals surface area contributed by atoms with Crippen molar-refractivity contribution in [3.8, 4) is 11.3 Å². The summed E-state index contributed by atoms with van der Waals surface area (Å²) in [6, 6.07) is 11.0. The summed E-state index contributed by atoms with van der Waals surface area (Å²) in [5.41, 5.74) is 2.41. The summed E-state index contributed by atoms with van der Waals surface area (Å²) >= 11 is 0. The van der Waals surface area contributed by atoms with Gasteiger partial charge in [-0.25, -0.2) is 4.68 Å². The Kier molecular flexibility index (Phi) is 5.44. The summed E-state index contributed by atoms with van der Waals surface area (Å²) in [7, 11) is 0. The molecule has 8 nitrogen and oxygen atoms in total. The van der Waals surface area contributed by atoms with Crippen LogP contribution >= 0.6 is 0 Å². The zero-order valence-corrected chi connectivity index (χ0v) is 15.5. The lowest BCUT2D eigenvalue weighted by atomic mass is 10.1. The summed E-state index contributed by atoms with van der Waals surface area (Å²) < 4.78 is 6.24. The molecule has 0 saturated heterocycles. The summed E-state index contributed by atoms with van der Waals surface area (Å²) in [5.74, 6) is -0.357. The first-order valence-electron chi connectivity index (χ1n) is 8.75. The van der Waals surface area contributed by atoms with Crippen LogP contribution in [0.1, 0.15) is 42.3 Å². The van der Waals surface area contributed by atoms with Gasteiger partial charge in [0.15, 0.2) is 5.82 Å². The van der Waals surface area contributed by atoms with Crippen LogP contribution in [0.5, 0.6) is 0 Å². The van der Waals surface area contributed by atoms with Crippen molar-refractivity contribution in [1.29, 1.82) is 0 Å². The van der Waals surface area contributed by atoms with Gasteiger partial charge in [0.05, 0.1) is 5.69 Å². The number of benzene rings is 1. The van der Waals surface area contributed by atoms with Crippen LogP contribution in [0.15, 0.2) is 45.7 Å². The predicted molar refractivity (Wildman–Crippen MR) is 99.3 cm³/mol. The molecule has 0 aliphatic carbocycles. The zero-order valence-electron chi connectivity index (χ0n) is 15.5. The molecule has 1 aromatic carbocycles. The molecule has 27 heavy (non-hydrogen) atoms. The second kappa shape index (κ2) is 7.94. The van der Waals surface area contributed by atoms with E-state index in [2.05, 4.69) is 20.6 Å². The number of nitrogens with zero attached hydrogens (tertiary/aromatic N) is 4. The fourth-order valence-corrected chi connectivity index (χ4v) is 2.37. The van der Waals surface area contributed by atoms with Gasteiger partial charge < -0.3 is 9.84 Å². The number of nitrogens with one attached hydrogen (secondary N) is 1. The molecule has 0 aliphatic rings. The summed E-state index contributed by atoms with van der Waals surface area (Å²) in [6.07, 6.45) is 0.790. The second-order valence-corrected chi connectivity index (χ2v) is 6.38. The number of carbonyl (C=O) groups is 1. The maximum absolute atomic E-state index is 12.1. The molecule has 0 bridgehead atoms. The molecule has 3 aromatic rings. The third kappa shape index (κ3) is 4.46. The van der Waals surface area contributed by atoms with E-state index in [0.29, 0.717) is 5.69 Å². The van der Waals surface area contributed by atoms with Crippen LogP contribution in [-0.2, 0) is 6.54 Å². The number of carbonyl (C=O) groups excluding carboxylic acids is 1. The van der Waals surface area contributed by atoms with Crippen LogP contribution < -0.4 is 10.9 Å². The quantitative estimate of drug-likeness (QED) is 0.716.